The van der Waals surface area contributed by atoms with Crippen molar-refractivity contribution in [3.05, 3.63) is 32.5 Å². The van der Waals surface area contributed by atoms with E-state index in [1.54, 1.807) is 0 Å². The molecule has 0 bridgehead atoms. The standard InChI is InChI=1S/C9H9BrFN3O4/c1-4(9(15)13-12)18-8-3-6(11)5(10)2-7(8)14(16)17/h2-4H,12H2,1H3,(H,13,15). The van der Waals surface area contributed by atoms with Crippen molar-refractivity contribution in [1.82, 2.24) is 5.43 Å². The number of amides is 1. The molecular weight excluding hydrogens is 313 g/mol. The van der Waals surface area contributed by atoms with Crippen LogP contribution in [0.3, 0.4) is 0 Å². The lowest BCUT2D eigenvalue weighted by Gasteiger charge is -2.13. The summed E-state index contributed by atoms with van der Waals surface area (Å²) >= 11 is 2.82. The summed E-state index contributed by atoms with van der Waals surface area (Å²) in [6.45, 7) is 1.33. The molecule has 0 aliphatic heterocycles. The maximum Gasteiger partial charge on any atom is 0.312 e. The highest BCUT2D eigenvalue weighted by Crippen LogP contribution is 2.33. The van der Waals surface area contributed by atoms with Gasteiger partial charge in [0.2, 0.25) is 5.75 Å². The number of benzene rings is 1. The Morgan fingerprint density at radius 3 is 2.78 bits per heavy atom. The molecule has 7 nitrogen and oxygen atoms in total. The van der Waals surface area contributed by atoms with Crippen molar-refractivity contribution in [3.8, 4) is 5.75 Å². The fraction of sp³-hybridized carbons (Fsp3) is 0.222. The minimum absolute atomic E-state index is 0.0718. The largest absolute Gasteiger partial charge is 0.474 e. The van der Waals surface area contributed by atoms with E-state index in [9.17, 15) is 19.3 Å². The monoisotopic (exact) mass is 321 g/mol. The van der Waals surface area contributed by atoms with Crippen molar-refractivity contribution in [2.75, 3.05) is 0 Å². The predicted molar refractivity (Wildman–Crippen MR) is 63.2 cm³/mol. The SMILES string of the molecule is CC(Oc1cc(F)c(Br)cc1[N+](=O)[O-])C(=O)NN. The zero-order valence-corrected chi connectivity index (χ0v) is 10.7. The van der Waals surface area contributed by atoms with Gasteiger partial charge in [0.25, 0.3) is 5.91 Å². The van der Waals surface area contributed by atoms with Crippen molar-refractivity contribution in [3.63, 3.8) is 0 Å². The van der Waals surface area contributed by atoms with Gasteiger partial charge >= 0.3 is 5.69 Å². The average Bonchev–Trinajstić information content (AvgIpc) is 2.31. The van der Waals surface area contributed by atoms with Crippen LogP contribution < -0.4 is 16.0 Å². The first kappa shape index (κ1) is 14.3. The molecule has 1 aromatic carbocycles. The quantitative estimate of drug-likeness (QED) is 0.375. The normalized spacial score (nSPS) is 11.8. The fourth-order valence-electron chi connectivity index (χ4n) is 1.12. The van der Waals surface area contributed by atoms with Crippen molar-refractivity contribution >= 4 is 27.5 Å². The summed E-state index contributed by atoms with van der Waals surface area (Å²) in [5, 5.41) is 10.8. The lowest BCUT2D eigenvalue weighted by Crippen LogP contribution is -2.40. The molecule has 1 rings (SSSR count). The maximum absolute atomic E-state index is 13.3. The third-order valence-corrected chi connectivity index (χ3v) is 2.62. The van der Waals surface area contributed by atoms with Crippen LogP contribution >= 0.6 is 15.9 Å². The van der Waals surface area contributed by atoms with E-state index in [2.05, 4.69) is 15.9 Å². The van der Waals surface area contributed by atoms with Gasteiger partial charge in [-0.15, -0.1) is 0 Å². The van der Waals surface area contributed by atoms with Crippen LogP contribution in [0.25, 0.3) is 0 Å². The van der Waals surface area contributed by atoms with Gasteiger partial charge in [-0.2, -0.15) is 0 Å². The summed E-state index contributed by atoms with van der Waals surface area (Å²) in [6, 6.07) is 1.78. The molecule has 0 fully saturated rings. The van der Waals surface area contributed by atoms with Crippen LogP contribution in [0, 0.1) is 15.9 Å². The molecule has 1 unspecified atom stereocenters. The van der Waals surface area contributed by atoms with E-state index in [0.29, 0.717) is 0 Å². The molecule has 1 aromatic rings. The van der Waals surface area contributed by atoms with Crippen LogP contribution in [0.4, 0.5) is 10.1 Å². The number of halogens is 2. The molecule has 0 heterocycles. The zero-order chi connectivity index (χ0) is 13.9. The minimum Gasteiger partial charge on any atom is -0.474 e. The van der Waals surface area contributed by atoms with Gasteiger partial charge in [0.1, 0.15) is 5.82 Å². The lowest BCUT2D eigenvalue weighted by molar-refractivity contribution is -0.386. The molecule has 98 valence electrons. The average molecular weight is 322 g/mol. The number of carbonyl (C=O) groups is 1. The lowest BCUT2D eigenvalue weighted by atomic mass is 10.3. The van der Waals surface area contributed by atoms with Crippen LogP contribution in [-0.4, -0.2) is 16.9 Å². The van der Waals surface area contributed by atoms with Gasteiger partial charge in [0.05, 0.1) is 9.40 Å². The van der Waals surface area contributed by atoms with Crippen LogP contribution in [0.1, 0.15) is 6.92 Å². The molecule has 0 aliphatic carbocycles. The Morgan fingerprint density at radius 1 is 1.67 bits per heavy atom. The minimum atomic E-state index is -1.09. The summed E-state index contributed by atoms with van der Waals surface area (Å²) in [7, 11) is 0. The first-order chi connectivity index (χ1) is 8.36. The molecule has 3 N–H and O–H groups in total. The molecule has 0 aromatic heterocycles. The number of nitrogens with two attached hydrogens (primary N) is 1. The smallest absolute Gasteiger partial charge is 0.312 e. The zero-order valence-electron chi connectivity index (χ0n) is 9.15. The molecule has 1 amide bonds. The third kappa shape index (κ3) is 3.14. The second kappa shape index (κ2) is 5.74. The number of carbonyl (C=O) groups excluding carboxylic acids is 1. The van der Waals surface area contributed by atoms with Gasteiger partial charge in [-0.25, -0.2) is 10.2 Å². The summed E-state index contributed by atoms with van der Waals surface area (Å²) in [6.07, 6.45) is -1.09. The fourth-order valence-corrected chi connectivity index (χ4v) is 1.45. The maximum atomic E-state index is 13.3. The van der Waals surface area contributed by atoms with E-state index in [0.717, 1.165) is 12.1 Å². The van der Waals surface area contributed by atoms with Gasteiger partial charge in [-0.05, 0) is 22.9 Å². The molecular formula is C9H9BrFN3O4. The highest BCUT2D eigenvalue weighted by molar-refractivity contribution is 9.10. The molecule has 0 saturated heterocycles. The Morgan fingerprint density at radius 2 is 2.28 bits per heavy atom. The van der Waals surface area contributed by atoms with E-state index < -0.39 is 28.4 Å². The first-order valence-electron chi connectivity index (χ1n) is 4.67. The highest BCUT2D eigenvalue weighted by Gasteiger charge is 2.23. The number of hydrogen-bond acceptors (Lipinski definition) is 5. The van der Waals surface area contributed by atoms with Gasteiger partial charge < -0.3 is 4.74 Å². The molecule has 0 aliphatic rings. The topological polar surface area (TPSA) is 107 Å². The van der Waals surface area contributed by atoms with Gasteiger partial charge in [0.15, 0.2) is 6.10 Å². The Labute approximate surface area is 109 Å². The van der Waals surface area contributed by atoms with Crippen LogP contribution in [0.15, 0.2) is 16.6 Å². The van der Waals surface area contributed by atoms with Gasteiger partial charge in [-0.1, -0.05) is 0 Å². The summed E-state index contributed by atoms with van der Waals surface area (Å²) in [4.78, 5) is 21.1. The number of nitrogens with zero attached hydrogens (tertiary/aromatic N) is 1. The Balaban J connectivity index is 3.11. The van der Waals surface area contributed by atoms with Gasteiger partial charge in [-0.3, -0.25) is 20.3 Å². The number of rotatable bonds is 4. The van der Waals surface area contributed by atoms with E-state index in [4.69, 9.17) is 10.6 Å². The van der Waals surface area contributed by atoms with Crippen molar-refractivity contribution in [1.29, 1.82) is 0 Å². The third-order valence-electron chi connectivity index (χ3n) is 2.01. The van der Waals surface area contributed by atoms with Crippen LogP contribution in [0.2, 0.25) is 0 Å². The Kier molecular flexibility index (Phi) is 4.56. The molecule has 18 heavy (non-hydrogen) atoms. The number of nitro benzene ring substituents is 1. The highest BCUT2D eigenvalue weighted by atomic mass is 79.9. The Bertz CT molecular complexity index is 497. The van der Waals surface area contributed by atoms with Crippen molar-refractivity contribution in [2.24, 2.45) is 5.84 Å². The summed E-state index contributed by atoms with van der Waals surface area (Å²) in [5.41, 5.74) is 1.36. The first-order valence-corrected chi connectivity index (χ1v) is 5.46. The number of hydrogen-bond donors (Lipinski definition) is 2. The molecule has 0 saturated carbocycles. The van der Waals surface area contributed by atoms with Crippen molar-refractivity contribution in [2.45, 2.75) is 13.0 Å². The number of nitrogens with one attached hydrogen (secondary N) is 1. The number of hydrazine groups is 1. The van der Waals surface area contributed by atoms with E-state index in [1.807, 2.05) is 5.43 Å². The predicted octanol–water partition coefficient (Wildman–Crippen LogP) is 1.25. The van der Waals surface area contributed by atoms with Crippen molar-refractivity contribution < 1.29 is 18.8 Å². The molecule has 0 radical (unpaired) electrons. The number of ether oxygens (including phenoxy) is 1. The van der Waals surface area contributed by atoms with E-state index in [1.165, 1.54) is 6.92 Å². The molecule has 0 spiro atoms. The van der Waals surface area contributed by atoms with Crippen LogP contribution in [0.5, 0.6) is 5.75 Å². The second-order valence-electron chi connectivity index (χ2n) is 3.26. The molecule has 9 heteroatoms. The van der Waals surface area contributed by atoms with E-state index >= 15 is 0 Å². The molecule has 1 atom stereocenters. The summed E-state index contributed by atoms with van der Waals surface area (Å²) in [5.74, 6) is 3.11. The Hall–Kier alpha value is -1.74. The van der Waals surface area contributed by atoms with Gasteiger partial charge in [0, 0.05) is 12.1 Å². The number of nitro groups is 1. The van der Waals surface area contributed by atoms with E-state index in [-0.39, 0.29) is 10.2 Å². The van der Waals surface area contributed by atoms with Crippen LogP contribution in [-0.2, 0) is 4.79 Å². The summed E-state index contributed by atoms with van der Waals surface area (Å²) < 4.78 is 18.2. The second-order valence-corrected chi connectivity index (χ2v) is 4.11.